The fourth-order valence-corrected chi connectivity index (χ4v) is 5.38. The molecule has 2 heterocycles. The number of nitrogens with zero attached hydrogens (tertiary/aromatic N) is 3. The van der Waals surface area contributed by atoms with Gasteiger partial charge in [0.15, 0.2) is 0 Å². The maximum atomic E-state index is 12.7. The molecule has 0 unspecified atom stereocenters. The number of likely N-dealkylation sites (tertiary alicyclic amines) is 1. The van der Waals surface area contributed by atoms with Gasteiger partial charge in [-0.3, -0.25) is 19.6 Å². The maximum Gasteiger partial charge on any atom is 0.291 e. The molecule has 1 aliphatic heterocycles. The number of carbonyl (C=O) groups is 2. The first kappa shape index (κ1) is 23.1. The van der Waals surface area contributed by atoms with Crippen LogP contribution in [0.4, 0.5) is 10.8 Å². The van der Waals surface area contributed by atoms with Crippen LogP contribution in [0.25, 0.3) is 0 Å². The second-order valence-electron chi connectivity index (χ2n) is 7.37. The van der Waals surface area contributed by atoms with Crippen molar-refractivity contribution in [1.82, 2.24) is 15.1 Å². The smallest absolute Gasteiger partial charge is 0.291 e. The number of hydrogen-bond acceptors (Lipinski definition) is 7. The lowest BCUT2D eigenvalue weighted by molar-refractivity contribution is 0.0724. The minimum atomic E-state index is -4.02. The van der Waals surface area contributed by atoms with E-state index in [0.29, 0.717) is 16.1 Å². The first-order valence-electron chi connectivity index (χ1n) is 10.1. The second kappa shape index (κ2) is 9.86. The van der Waals surface area contributed by atoms with Crippen LogP contribution in [-0.2, 0) is 10.0 Å². The Bertz CT molecular complexity index is 1250. The third-order valence-corrected chi connectivity index (χ3v) is 7.83. The summed E-state index contributed by atoms with van der Waals surface area (Å²) in [5.41, 5.74) is 1.13. The highest BCUT2D eigenvalue weighted by Gasteiger charge is 2.22. The highest BCUT2D eigenvalue weighted by atomic mass is 35.5. The summed E-state index contributed by atoms with van der Waals surface area (Å²) in [6, 6.07) is 12.5. The molecule has 2 amide bonds. The number of amides is 2. The Morgan fingerprint density at radius 2 is 1.55 bits per heavy atom. The SMILES string of the molecule is O=C(Nc1nnc(S(=O)(=O)Nc2ccc(C(=O)N3CCCCC3)cc2)s1)c1ccc(Cl)cc1. The largest absolute Gasteiger partial charge is 0.339 e. The van der Waals surface area contributed by atoms with E-state index >= 15 is 0 Å². The standard InChI is InChI=1S/C21H20ClN5O4S2/c22-16-8-4-14(5-9-16)18(28)23-20-24-25-21(32-20)33(30,31)26-17-10-6-15(7-11-17)19(29)27-12-2-1-3-13-27/h4-11,26H,1-3,12-13H2,(H,23,24,28). The Kier molecular flexibility index (Phi) is 6.91. The van der Waals surface area contributed by atoms with Crippen LogP contribution in [0, 0.1) is 0 Å². The zero-order valence-electron chi connectivity index (χ0n) is 17.3. The summed E-state index contributed by atoms with van der Waals surface area (Å²) in [6.45, 7) is 1.47. The summed E-state index contributed by atoms with van der Waals surface area (Å²) >= 11 is 6.53. The molecule has 2 N–H and O–H groups in total. The van der Waals surface area contributed by atoms with Crippen LogP contribution in [0.1, 0.15) is 40.0 Å². The predicted octanol–water partition coefficient (Wildman–Crippen LogP) is 3.87. The van der Waals surface area contributed by atoms with Gasteiger partial charge in [0, 0.05) is 34.9 Å². The number of sulfonamides is 1. The number of rotatable bonds is 6. The van der Waals surface area contributed by atoms with Crippen molar-refractivity contribution in [3.8, 4) is 0 Å². The highest BCUT2D eigenvalue weighted by molar-refractivity contribution is 7.94. The number of anilines is 2. The van der Waals surface area contributed by atoms with Crippen molar-refractivity contribution >= 4 is 55.6 Å². The van der Waals surface area contributed by atoms with E-state index in [9.17, 15) is 18.0 Å². The quantitative estimate of drug-likeness (QED) is 0.490. The van der Waals surface area contributed by atoms with Gasteiger partial charge in [-0.2, -0.15) is 8.42 Å². The van der Waals surface area contributed by atoms with Crippen LogP contribution in [0.15, 0.2) is 52.9 Å². The molecule has 33 heavy (non-hydrogen) atoms. The molecule has 0 aliphatic carbocycles. The van der Waals surface area contributed by atoms with Gasteiger partial charge in [0.2, 0.25) is 5.13 Å². The Balaban J connectivity index is 1.40. The number of halogens is 1. The molecule has 3 aromatic rings. The van der Waals surface area contributed by atoms with Gasteiger partial charge in [-0.25, -0.2) is 0 Å². The molecule has 1 saturated heterocycles. The number of piperidine rings is 1. The van der Waals surface area contributed by atoms with Gasteiger partial charge in [0.25, 0.3) is 26.2 Å². The Labute approximate surface area is 199 Å². The number of benzene rings is 2. The molecule has 2 aromatic carbocycles. The van der Waals surface area contributed by atoms with Crippen molar-refractivity contribution < 1.29 is 18.0 Å². The van der Waals surface area contributed by atoms with Gasteiger partial charge in [-0.15, -0.1) is 10.2 Å². The van der Waals surface area contributed by atoms with Gasteiger partial charge in [-0.1, -0.05) is 22.9 Å². The van der Waals surface area contributed by atoms with E-state index in [1.807, 2.05) is 4.90 Å². The molecule has 0 spiro atoms. The molecule has 0 bridgehead atoms. The van der Waals surface area contributed by atoms with Gasteiger partial charge in [0.1, 0.15) is 0 Å². The van der Waals surface area contributed by atoms with Crippen LogP contribution in [-0.4, -0.2) is 48.4 Å². The van der Waals surface area contributed by atoms with Crippen LogP contribution < -0.4 is 10.0 Å². The lowest BCUT2D eigenvalue weighted by Gasteiger charge is -2.26. The number of carbonyl (C=O) groups excluding carboxylic acids is 2. The average Bonchev–Trinajstić information content (AvgIpc) is 3.29. The first-order chi connectivity index (χ1) is 15.8. The van der Waals surface area contributed by atoms with E-state index in [1.165, 1.54) is 24.3 Å². The summed E-state index contributed by atoms with van der Waals surface area (Å²) in [5, 5.41) is 10.5. The van der Waals surface area contributed by atoms with E-state index in [-0.39, 0.29) is 21.1 Å². The molecule has 0 saturated carbocycles. The van der Waals surface area contributed by atoms with E-state index in [0.717, 1.165) is 43.7 Å². The molecule has 1 aliphatic rings. The fourth-order valence-electron chi connectivity index (χ4n) is 3.30. The molecule has 172 valence electrons. The number of nitrogens with one attached hydrogen (secondary N) is 2. The molecular weight excluding hydrogens is 486 g/mol. The summed E-state index contributed by atoms with van der Waals surface area (Å²) in [7, 11) is -4.02. The van der Waals surface area contributed by atoms with E-state index in [2.05, 4.69) is 20.2 Å². The average molecular weight is 506 g/mol. The summed E-state index contributed by atoms with van der Waals surface area (Å²) < 4.78 is 27.4. The van der Waals surface area contributed by atoms with Gasteiger partial charge in [0.05, 0.1) is 0 Å². The normalized spacial score (nSPS) is 14.0. The number of aromatic nitrogens is 2. The molecule has 1 fully saturated rings. The third-order valence-electron chi connectivity index (χ3n) is 4.99. The third kappa shape index (κ3) is 5.67. The fraction of sp³-hybridized carbons (Fsp3) is 0.238. The molecule has 12 heteroatoms. The monoisotopic (exact) mass is 505 g/mol. The number of hydrogen-bond donors (Lipinski definition) is 2. The topological polar surface area (TPSA) is 121 Å². The summed E-state index contributed by atoms with van der Waals surface area (Å²) in [5.74, 6) is -0.525. The van der Waals surface area contributed by atoms with Gasteiger partial charge in [-0.05, 0) is 67.8 Å². The molecular formula is C21H20ClN5O4S2. The van der Waals surface area contributed by atoms with Gasteiger partial charge < -0.3 is 4.90 Å². The molecule has 4 rings (SSSR count). The summed E-state index contributed by atoms with van der Waals surface area (Å²) in [4.78, 5) is 26.6. The van der Waals surface area contributed by atoms with Crippen molar-refractivity contribution in [1.29, 1.82) is 0 Å². The van der Waals surface area contributed by atoms with Crippen molar-refractivity contribution in [3.63, 3.8) is 0 Å². The van der Waals surface area contributed by atoms with E-state index < -0.39 is 15.9 Å². The minimum absolute atomic E-state index is 0.0396. The maximum absolute atomic E-state index is 12.7. The summed E-state index contributed by atoms with van der Waals surface area (Å²) in [6.07, 6.45) is 3.11. The first-order valence-corrected chi connectivity index (χ1v) is 12.8. The minimum Gasteiger partial charge on any atom is -0.339 e. The molecule has 0 atom stereocenters. The van der Waals surface area contributed by atoms with Crippen LogP contribution in [0.5, 0.6) is 0 Å². The van der Waals surface area contributed by atoms with Crippen molar-refractivity contribution in [2.24, 2.45) is 0 Å². The van der Waals surface area contributed by atoms with Crippen molar-refractivity contribution in [2.75, 3.05) is 23.1 Å². The lowest BCUT2D eigenvalue weighted by atomic mass is 10.1. The predicted molar refractivity (Wildman–Crippen MR) is 126 cm³/mol. The zero-order chi connectivity index (χ0) is 23.4. The van der Waals surface area contributed by atoms with Crippen molar-refractivity contribution in [2.45, 2.75) is 23.6 Å². The molecule has 9 nitrogen and oxygen atoms in total. The lowest BCUT2D eigenvalue weighted by Crippen LogP contribution is -2.35. The van der Waals surface area contributed by atoms with Crippen LogP contribution >= 0.6 is 22.9 Å². The van der Waals surface area contributed by atoms with E-state index in [4.69, 9.17) is 11.6 Å². The van der Waals surface area contributed by atoms with Crippen LogP contribution in [0.2, 0.25) is 5.02 Å². The Hall–Kier alpha value is -3.02. The Morgan fingerprint density at radius 3 is 2.21 bits per heavy atom. The van der Waals surface area contributed by atoms with Crippen LogP contribution in [0.3, 0.4) is 0 Å². The zero-order valence-corrected chi connectivity index (χ0v) is 19.7. The molecule has 0 radical (unpaired) electrons. The van der Waals surface area contributed by atoms with Crippen molar-refractivity contribution in [3.05, 3.63) is 64.7 Å². The van der Waals surface area contributed by atoms with Gasteiger partial charge >= 0.3 is 0 Å². The highest BCUT2D eigenvalue weighted by Crippen LogP contribution is 2.24. The second-order valence-corrected chi connectivity index (χ2v) is 10.6. The Morgan fingerprint density at radius 1 is 0.909 bits per heavy atom. The van der Waals surface area contributed by atoms with E-state index in [1.54, 1.807) is 24.3 Å². The molecule has 1 aromatic heterocycles.